The fourth-order valence-corrected chi connectivity index (χ4v) is 2.84. The SMILES string of the molecule is Cc1ccc(C(C)C)cc1OCC(=O)N=Nc1c(O)[nH]c2c(C)cccc12. The van der Waals surface area contributed by atoms with Gasteiger partial charge in [0.25, 0.3) is 0 Å². The molecule has 3 rings (SSSR count). The van der Waals surface area contributed by atoms with Gasteiger partial charge in [0.1, 0.15) is 5.75 Å². The molecule has 1 heterocycles. The molecule has 0 saturated carbocycles. The number of fused-ring (bicyclic) bond motifs is 1. The fourth-order valence-electron chi connectivity index (χ4n) is 2.84. The molecule has 140 valence electrons. The lowest BCUT2D eigenvalue weighted by molar-refractivity contribution is -0.120. The number of azo groups is 1. The van der Waals surface area contributed by atoms with Gasteiger partial charge in [0.2, 0.25) is 5.88 Å². The first-order chi connectivity index (χ1) is 12.9. The van der Waals surface area contributed by atoms with Crippen LogP contribution in [0.25, 0.3) is 10.9 Å². The van der Waals surface area contributed by atoms with Crippen molar-refractivity contribution in [1.29, 1.82) is 0 Å². The Hall–Kier alpha value is -3.15. The van der Waals surface area contributed by atoms with Crippen LogP contribution in [0.4, 0.5) is 5.69 Å². The van der Waals surface area contributed by atoms with Gasteiger partial charge in [-0.2, -0.15) is 0 Å². The molecule has 0 spiro atoms. The summed E-state index contributed by atoms with van der Waals surface area (Å²) in [4.78, 5) is 14.9. The van der Waals surface area contributed by atoms with Crippen molar-refractivity contribution in [2.75, 3.05) is 6.61 Å². The topological polar surface area (TPSA) is 87.0 Å². The molecule has 0 fully saturated rings. The largest absolute Gasteiger partial charge is 0.493 e. The van der Waals surface area contributed by atoms with E-state index in [4.69, 9.17) is 4.74 Å². The van der Waals surface area contributed by atoms with Crippen molar-refractivity contribution in [3.63, 3.8) is 0 Å². The third-order valence-electron chi connectivity index (χ3n) is 4.49. The minimum absolute atomic E-state index is 0.114. The van der Waals surface area contributed by atoms with E-state index < -0.39 is 5.91 Å². The highest BCUT2D eigenvalue weighted by Crippen LogP contribution is 2.36. The Kier molecular flexibility index (Phi) is 5.26. The van der Waals surface area contributed by atoms with Crippen molar-refractivity contribution in [1.82, 2.24) is 4.98 Å². The number of carbonyl (C=O) groups is 1. The zero-order valence-corrected chi connectivity index (χ0v) is 15.9. The van der Waals surface area contributed by atoms with Crippen LogP contribution in [-0.4, -0.2) is 22.6 Å². The number of aromatic amines is 1. The Morgan fingerprint density at radius 3 is 2.70 bits per heavy atom. The van der Waals surface area contributed by atoms with Crippen LogP contribution >= 0.6 is 0 Å². The van der Waals surface area contributed by atoms with Crippen LogP contribution in [0, 0.1) is 13.8 Å². The first-order valence-electron chi connectivity index (χ1n) is 8.85. The Morgan fingerprint density at radius 2 is 1.96 bits per heavy atom. The van der Waals surface area contributed by atoms with E-state index in [-0.39, 0.29) is 18.2 Å². The predicted octanol–water partition coefficient (Wildman–Crippen LogP) is 5.30. The molecule has 0 aliphatic rings. The second kappa shape index (κ2) is 7.61. The minimum atomic E-state index is -0.522. The summed E-state index contributed by atoms with van der Waals surface area (Å²) in [5.41, 5.74) is 4.09. The highest BCUT2D eigenvalue weighted by atomic mass is 16.5. The second-order valence-corrected chi connectivity index (χ2v) is 6.88. The maximum Gasteiger partial charge on any atom is 0.302 e. The molecule has 1 amide bonds. The van der Waals surface area contributed by atoms with E-state index in [2.05, 4.69) is 35.1 Å². The van der Waals surface area contributed by atoms with E-state index in [1.807, 2.05) is 44.2 Å². The van der Waals surface area contributed by atoms with Gasteiger partial charge in [0, 0.05) is 5.39 Å². The molecule has 0 atom stereocenters. The summed E-state index contributed by atoms with van der Waals surface area (Å²) in [6.07, 6.45) is 0. The lowest BCUT2D eigenvalue weighted by Crippen LogP contribution is -2.09. The van der Waals surface area contributed by atoms with E-state index in [0.717, 1.165) is 22.2 Å². The highest BCUT2D eigenvalue weighted by Gasteiger charge is 2.13. The molecular weight excluding hydrogens is 342 g/mol. The summed E-state index contributed by atoms with van der Waals surface area (Å²) in [5, 5.41) is 18.4. The van der Waals surface area contributed by atoms with Crippen LogP contribution in [0.3, 0.4) is 0 Å². The third kappa shape index (κ3) is 4.00. The molecule has 0 aliphatic carbocycles. The molecular formula is C21H23N3O3. The van der Waals surface area contributed by atoms with Gasteiger partial charge in [-0.3, -0.25) is 4.79 Å². The average Bonchev–Trinajstić information content (AvgIpc) is 2.96. The number of aromatic hydroxyl groups is 1. The van der Waals surface area contributed by atoms with Crippen LogP contribution in [0.15, 0.2) is 46.6 Å². The number of nitrogens with zero attached hydrogens (tertiary/aromatic N) is 2. The Morgan fingerprint density at radius 1 is 1.19 bits per heavy atom. The maximum atomic E-state index is 12.1. The molecule has 27 heavy (non-hydrogen) atoms. The molecule has 0 radical (unpaired) electrons. The quantitative estimate of drug-likeness (QED) is 0.601. The van der Waals surface area contributed by atoms with Crippen molar-refractivity contribution in [3.8, 4) is 11.6 Å². The Bertz CT molecular complexity index is 1020. The summed E-state index contributed by atoms with van der Waals surface area (Å²) in [5.74, 6) is 0.398. The summed E-state index contributed by atoms with van der Waals surface area (Å²) < 4.78 is 5.62. The first kappa shape index (κ1) is 18.6. The smallest absolute Gasteiger partial charge is 0.302 e. The van der Waals surface area contributed by atoms with Crippen molar-refractivity contribution < 1.29 is 14.6 Å². The average molecular weight is 365 g/mol. The summed E-state index contributed by atoms with van der Waals surface area (Å²) in [6.45, 7) is 7.84. The van der Waals surface area contributed by atoms with Crippen LogP contribution in [-0.2, 0) is 4.79 Å². The van der Waals surface area contributed by atoms with Crippen LogP contribution in [0.5, 0.6) is 11.6 Å². The molecule has 3 aromatic rings. The number of hydrogen-bond acceptors (Lipinski definition) is 4. The summed E-state index contributed by atoms with van der Waals surface area (Å²) in [6, 6.07) is 11.6. The zero-order chi connectivity index (χ0) is 19.6. The minimum Gasteiger partial charge on any atom is -0.493 e. The van der Waals surface area contributed by atoms with Gasteiger partial charge in [-0.05, 0) is 42.5 Å². The number of aromatic nitrogens is 1. The number of para-hydroxylation sites is 1. The summed E-state index contributed by atoms with van der Waals surface area (Å²) in [7, 11) is 0. The molecule has 2 aromatic carbocycles. The van der Waals surface area contributed by atoms with Gasteiger partial charge in [-0.1, -0.05) is 44.2 Å². The van der Waals surface area contributed by atoms with E-state index in [1.165, 1.54) is 0 Å². The number of benzene rings is 2. The van der Waals surface area contributed by atoms with Crippen molar-refractivity contribution in [2.45, 2.75) is 33.6 Å². The number of H-pyrrole nitrogens is 1. The number of rotatable bonds is 5. The molecule has 1 aromatic heterocycles. The van der Waals surface area contributed by atoms with Crippen molar-refractivity contribution in [3.05, 3.63) is 53.1 Å². The fraction of sp³-hybridized carbons (Fsp3) is 0.286. The molecule has 0 saturated heterocycles. The molecule has 0 aliphatic heterocycles. The lowest BCUT2D eigenvalue weighted by atomic mass is 10.0. The Labute approximate surface area is 157 Å². The van der Waals surface area contributed by atoms with Crippen molar-refractivity contribution in [2.24, 2.45) is 10.2 Å². The predicted molar refractivity (Wildman–Crippen MR) is 105 cm³/mol. The second-order valence-electron chi connectivity index (χ2n) is 6.88. The number of amides is 1. The van der Waals surface area contributed by atoms with Crippen molar-refractivity contribution >= 4 is 22.5 Å². The van der Waals surface area contributed by atoms with Gasteiger partial charge in [0.05, 0.1) is 5.52 Å². The molecule has 2 N–H and O–H groups in total. The van der Waals surface area contributed by atoms with Crippen LogP contribution in [0.1, 0.15) is 36.5 Å². The highest BCUT2D eigenvalue weighted by molar-refractivity contribution is 5.96. The van der Waals surface area contributed by atoms with E-state index in [0.29, 0.717) is 17.1 Å². The Balaban J connectivity index is 1.73. The van der Waals surface area contributed by atoms with Gasteiger partial charge in [-0.25, -0.2) is 0 Å². The van der Waals surface area contributed by atoms with E-state index in [9.17, 15) is 9.90 Å². The van der Waals surface area contributed by atoms with E-state index >= 15 is 0 Å². The van der Waals surface area contributed by atoms with Crippen LogP contribution < -0.4 is 4.74 Å². The normalized spacial score (nSPS) is 11.6. The third-order valence-corrected chi connectivity index (χ3v) is 4.49. The standard InChI is InChI=1S/C21H23N3O3/c1-12(2)15-9-8-13(3)17(10-15)27-11-18(25)23-24-20-16-7-5-6-14(4)19(16)22-21(20)26/h5-10,12,22,26H,11H2,1-4H3. The first-order valence-corrected chi connectivity index (χ1v) is 8.85. The van der Waals surface area contributed by atoms with Gasteiger partial charge in [-0.15, -0.1) is 10.2 Å². The number of ether oxygens (including phenoxy) is 1. The number of hydrogen-bond donors (Lipinski definition) is 2. The van der Waals surface area contributed by atoms with Gasteiger partial charge in [0.15, 0.2) is 12.3 Å². The molecule has 6 nitrogen and oxygen atoms in total. The van der Waals surface area contributed by atoms with Gasteiger partial charge < -0.3 is 14.8 Å². The zero-order valence-electron chi connectivity index (χ0n) is 15.9. The molecule has 0 unspecified atom stereocenters. The lowest BCUT2D eigenvalue weighted by Gasteiger charge is -2.11. The number of aryl methyl sites for hydroxylation is 2. The number of nitrogens with one attached hydrogen (secondary N) is 1. The van der Waals surface area contributed by atoms with Crippen LogP contribution in [0.2, 0.25) is 0 Å². The number of carbonyl (C=O) groups excluding carboxylic acids is 1. The van der Waals surface area contributed by atoms with E-state index in [1.54, 1.807) is 0 Å². The molecule has 6 heteroatoms. The summed E-state index contributed by atoms with van der Waals surface area (Å²) >= 11 is 0. The monoisotopic (exact) mass is 365 g/mol. The molecule has 0 bridgehead atoms. The maximum absolute atomic E-state index is 12.1. The van der Waals surface area contributed by atoms with Gasteiger partial charge >= 0.3 is 5.91 Å².